The van der Waals surface area contributed by atoms with Gasteiger partial charge in [0.15, 0.2) is 6.61 Å². The molecule has 1 spiro atoms. The fraction of sp³-hybridized carbons (Fsp3) is 0.429. The maximum absolute atomic E-state index is 13.6. The largest absolute Gasteiger partial charge is 0.484 e. The first kappa shape index (κ1) is 23.8. The van der Waals surface area contributed by atoms with E-state index >= 15 is 0 Å². The number of benzene rings is 1. The summed E-state index contributed by atoms with van der Waals surface area (Å²) in [6.07, 6.45) is -2.10. The summed E-state index contributed by atoms with van der Waals surface area (Å²) < 4.78 is 69.2. The monoisotopic (exact) mass is 503 g/mol. The average molecular weight is 504 g/mol. The second kappa shape index (κ2) is 8.77. The van der Waals surface area contributed by atoms with Gasteiger partial charge in [0.1, 0.15) is 21.2 Å². The molecule has 4 rings (SSSR count). The van der Waals surface area contributed by atoms with Crippen LogP contribution in [0.4, 0.5) is 18.9 Å². The minimum atomic E-state index is -4.49. The van der Waals surface area contributed by atoms with Crippen molar-refractivity contribution in [3.63, 3.8) is 0 Å². The fourth-order valence-electron chi connectivity index (χ4n) is 4.35. The lowest BCUT2D eigenvalue weighted by atomic mass is 9.77. The van der Waals surface area contributed by atoms with Crippen LogP contribution < -0.4 is 15.0 Å². The van der Waals surface area contributed by atoms with E-state index in [2.05, 4.69) is 10.3 Å². The van der Waals surface area contributed by atoms with Gasteiger partial charge in [0.05, 0.1) is 5.41 Å². The first-order chi connectivity index (χ1) is 15.5. The summed E-state index contributed by atoms with van der Waals surface area (Å²) in [4.78, 5) is 18.5. The Morgan fingerprint density at radius 3 is 2.45 bits per heavy atom. The molecule has 178 valence electrons. The van der Waals surface area contributed by atoms with Crippen LogP contribution in [0.25, 0.3) is 0 Å². The number of aromatic nitrogens is 1. The number of pyridine rings is 1. The van der Waals surface area contributed by atoms with E-state index in [0.29, 0.717) is 25.9 Å². The van der Waals surface area contributed by atoms with Crippen molar-refractivity contribution in [2.75, 3.05) is 24.6 Å². The van der Waals surface area contributed by atoms with Gasteiger partial charge in [0, 0.05) is 11.9 Å². The predicted octanol–water partition coefficient (Wildman–Crippen LogP) is 3.58. The number of alkyl halides is 3. The van der Waals surface area contributed by atoms with Crippen LogP contribution in [0.15, 0.2) is 47.5 Å². The lowest BCUT2D eigenvalue weighted by Crippen LogP contribution is -2.43. The standard InChI is InChI=1S/C21H21ClF3N3O4S/c22-18-16(2-1-9-27-18)33(30,31)17-12-20(7-10-26-11-8-20)19(29)28(17)14-3-5-15(6-4-14)32-13-21(23,24)25/h1-6,9,17,26H,7-8,10-13H2. The summed E-state index contributed by atoms with van der Waals surface area (Å²) in [6.45, 7) is -0.309. The van der Waals surface area contributed by atoms with Crippen LogP contribution in [0.2, 0.25) is 5.15 Å². The van der Waals surface area contributed by atoms with Gasteiger partial charge in [0.25, 0.3) is 0 Å². The normalized spacial score (nSPS) is 20.9. The Hall–Kier alpha value is -2.37. The van der Waals surface area contributed by atoms with Crippen LogP contribution in [-0.2, 0) is 14.6 Å². The van der Waals surface area contributed by atoms with Crippen LogP contribution in [0.5, 0.6) is 5.75 Å². The van der Waals surface area contributed by atoms with E-state index in [-0.39, 0.29) is 33.8 Å². The van der Waals surface area contributed by atoms with Gasteiger partial charge in [-0.1, -0.05) is 11.6 Å². The molecule has 0 bridgehead atoms. The van der Waals surface area contributed by atoms with Gasteiger partial charge >= 0.3 is 6.18 Å². The van der Waals surface area contributed by atoms with E-state index in [1.807, 2.05) is 0 Å². The molecule has 1 aromatic carbocycles. The van der Waals surface area contributed by atoms with Crippen LogP contribution in [0, 0.1) is 5.41 Å². The van der Waals surface area contributed by atoms with E-state index in [4.69, 9.17) is 16.3 Å². The molecule has 1 unspecified atom stereocenters. The van der Waals surface area contributed by atoms with Gasteiger partial charge in [-0.3, -0.25) is 9.69 Å². The number of amides is 1. The number of carbonyl (C=O) groups excluding carboxylic acids is 1. The minimum absolute atomic E-state index is 0.0472. The van der Waals surface area contributed by atoms with Crippen molar-refractivity contribution in [1.29, 1.82) is 0 Å². The molecular formula is C21H21ClF3N3O4S. The zero-order valence-corrected chi connectivity index (χ0v) is 18.9. The number of ether oxygens (including phenoxy) is 1. The Balaban J connectivity index is 1.72. The summed E-state index contributed by atoms with van der Waals surface area (Å²) in [5.41, 5.74) is -0.605. The Morgan fingerprint density at radius 2 is 1.85 bits per heavy atom. The zero-order chi connectivity index (χ0) is 23.9. The van der Waals surface area contributed by atoms with Gasteiger partial charge in [0.2, 0.25) is 15.7 Å². The molecule has 1 amide bonds. The minimum Gasteiger partial charge on any atom is -0.484 e. The Morgan fingerprint density at radius 1 is 1.18 bits per heavy atom. The average Bonchev–Trinajstić information content (AvgIpc) is 3.05. The zero-order valence-electron chi connectivity index (χ0n) is 17.3. The quantitative estimate of drug-likeness (QED) is 0.627. The number of rotatable bonds is 5. The molecule has 3 heterocycles. The number of nitrogens with zero attached hydrogens (tertiary/aromatic N) is 2. The highest BCUT2D eigenvalue weighted by Crippen LogP contribution is 2.48. The second-order valence-corrected chi connectivity index (χ2v) is 10.5. The topological polar surface area (TPSA) is 88.6 Å². The van der Waals surface area contributed by atoms with E-state index in [1.54, 1.807) is 0 Å². The molecule has 2 aromatic rings. The highest BCUT2D eigenvalue weighted by molar-refractivity contribution is 7.92. The third kappa shape index (κ3) is 4.67. The first-order valence-electron chi connectivity index (χ1n) is 10.2. The van der Waals surface area contributed by atoms with Gasteiger partial charge < -0.3 is 10.1 Å². The van der Waals surface area contributed by atoms with Crippen molar-refractivity contribution in [2.45, 2.75) is 35.7 Å². The van der Waals surface area contributed by atoms with Crippen molar-refractivity contribution in [1.82, 2.24) is 10.3 Å². The van der Waals surface area contributed by atoms with E-state index in [0.717, 1.165) is 0 Å². The van der Waals surface area contributed by atoms with E-state index in [1.165, 1.54) is 47.5 Å². The Labute approximate surface area is 193 Å². The number of nitrogens with one attached hydrogen (secondary N) is 1. The number of hydrogen-bond donors (Lipinski definition) is 1. The highest BCUT2D eigenvalue weighted by Gasteiger charge is 2.56. The summed E-state index contributed by atoms with van der Waals surface area (Å²) in [7, 11) is -4.10. The third-order valence-corrected chi connectivity index (χ3v) is 8.44. The molecule has 12 heteroatoms. The first-order valence-corrected chi connectivity index (χ1v) is 12.1. The van der Waals surface area contributed by atoms with Gasteiger partial charge in [-0.25, -0.2) is 13.4 Å². The molecule has 1 atom stereocenters. The summed E-state index contributed by atoms with van der Waals surface area (Å²) in [5, 5.41) is 1.76. The maximum Gasteiger partial charge on any atom is 0.422 e. The van der Waals surface area contributed by atoms with Crippen LogP contribution in [0.3, 0.4) is 0 Å². The van der Waals surface area contributed by atoms with Crippen molar-refractivity contribution in [3.8, 4) is 5.75 Å². The van der Waals surface area contributed by atoms with Crippen molar-refractivity contribution in [3.05, 3.63) is 47.7 Å². The van der Waals surface area contributed by atoms with E-state index < -0.39 is 33.4 Å². The van der Waals surface area contributed by atoms with Crippen molar-refractivity contribution < 1.29 is 31.1 Å². The Kier molecular flexibility index (Phi) is 6.32. The molecule has 0 aliphatic carbocycles. The smallest absolute Gasteiger partial charge is 0.422 e. The van der Waals surface area contributed by atoms with Crippen LogP contribution in [0.1, 0.15) is 19.3 Å². The molecule has 1 N–H and O–H groups in total. The molecule has 2 aliphatic rings. The van der Waals surface area contributed by atoms with Gasteiger partial charge in [-0.15, -0.1) is 0 Å². The lowest BCUT2D eigenvalue weighted by molar-refractivity contribution is -0.153. The molecule has 0 saturated carbocycles. The third-order valence-electron chi connectivity index (χ3n) is 5.99. The Bertz CT molecular complexity index is 1140. The van der Waals surface area contributed by atoms with Crippen molar-refractivity contribution in [2.24, 2.45) is 5.41 Å². The van der Waals surface area contributed by atoms with Crippen LogP contribution >= 0.6 is 11.6 Å². The number of anilines is 1. The molecule has 2 fully saturated rings. The molecule has 0 radical (unpaired) electrons. The number of piperidine rings is 1. The number of carbonyl (C=O) groups is 1. The second-order valence-electron chi connectivity index (χ2n) is 8.10. The predicted molar refractivity (Wildman–Crippen MR) is 115 cm³/mol. The highest BCUT2D eigenvalue weighted by atomic mass is 35.5. The van der Waals surface area contributed by atoms with Crippen LogP contribution in [-0.4, -0.2) is 50.6 Å². The summed E-state index contributed by atoms with van der Waals surface area (Å²) in [5.74, 6) is -0.379. The SMILES string of the molecule is O=C1N(c2ccc(OCC(F)(F)F)cc2)C(S(=O)(=O)c2cccnc2Cl)CC12CCNCC2. The lowest BCUT2D eigenvalue weighted by Gasteiger charge is -2.31. The molecule has 1 aromatic heterocycles. The summed E-state index contributed by atoms with van der Waals surface area (Å²) in [6, 6.07) is 8.13. The van der Waals surface area contributed by atoms with Gasteiger partial charge in [-0.2, -0.15) is 13.2 Å². The summed E-state index contributed by atoms with van der Waals surface area (Å²) >= 11 is 6.07. The number of halogens is 4. The molecule has 7 nitrogen and oxygen atoms in total. The molecular weight excluding hydrogens is 483 g/mol. The van der Waals surface area contributed by atoms with Gasteiger partial charge in [-0.05, 0) is 68.8 Å². The van der Waals surface area contributed by atoms with Crippen molar-refractivity contribution >= 4 is 33.0 Å². The molecule has 2 aliphatic heterocycles. The number of hydrogen-bond acceptors (Lipinski definition) is 6. The maximum atomic E-state index is 13.6. The van der Waals surface area contributed by atoms with E-state index in [9.17, 15) is 26.4 Å². The molecule has 2 saturated heterocycles. The number of sulfone groups is 1. The molecule has 33 heavy (non-hydrogen) atoms. The fourth-order valence-corrected chi connectivity index (χ4v) is 6.68.